The van der Waals surface area contributed by atoms with Crippen molar-refractivity contribution < 1.29 is 32.3 Å². The Balaban J connectivity index is 1.87. The van der Waals surface area contributed by atoms with Crippen LogP contribution in [0.15, 0.2) is 41.0 Å². The number of benzene rings is 1. The molecule has 1 aromatic carbocycles. The van der Waals surface area contributed by atoms with Crippen LogP contribution in [0.2, 0.25) is 0 Å². The summed E-state index contributed by atoms with van der Waals surface area (Å²) in [5.74, 6) is -4.19. The molecule has 0 saturated carbocycles. The fourth-order valence-electron chi connectivity index (χ4n) is 1.79. The van der Waals surface area contributed by atoms with E-state index >= 15 is 0 Å². The van der Waals surface area contributed by atoms with Crippen LogP contribution in [0.5, 0.6) is 0 Å². The summed E-state index contributed by atoms with van der Waals surface area (Å²) in [6.07, 6.45) is 1.30. The van der Waals surface area contributed by atoms with Crippen LogP contribution in [-0.4, -0.2) is 30.3 Å². The molecule has 1 heterocycles. The topological polar surface area (TPSA) is 85.6 Å². The van der Waals surface area contributed by atoms with E-state index < -0.39 is 47.5 Å². The molecular weight excluding hydrogens is 324 g/mol. The fraction of sp³-hybridized carbons (Fsp3) is 0.188. The first kappa shape index (κ1) is 17.3. The quantitative estimate of drug-likeness (QED) is 0.644. The molecule has 2 aromatic rings. The van der Waals surface area contributed by atoms with Crippen molar-refractivity contribution in [3.05, 3.63) is 59.6 Å². The second kappa shape index (κ2) is 7.49. The molecule has 2 rings (SSSR count). The summed E-state index contributed by atoms with van der Waals surface area (Å²) in [6.45, 7) is 0.620. The van der Waals surface area contributed by atoms with Crippen molar-refractivity contribution >= 4 is 17.7 Å². The number of ether oxygens (including phenoxy) is 1. The third kappa shape index (κ3) is 4.25. The van der Waals surface area contributed by atoms with Crippen molar-refractivity contribution in [2.24, 2.45) is 0 Å². The Morgan fingerprint density at radius 3 is 2.62 bits per heavy atom. The van der Waals surface area contributed by atoms with Gasteiger partial charge in [0.15, 0.2) is 12.4 Å². The second-order valence-corrected chi connectivity index (χ2v) is 4.83. The second-order valence-electron chi connectivity index (χ2n) is 4.83. The monoisotopic (exact) mass is 337 g/mol. The van der Waals surface area contributed by atoms with Gasteiger partial charge in [0.25, 0.3) is 5.91 Å². The molecule has 1 atom stereocenters. The number of carbonyl (C=O) groups excluding carboxylic acids is 3. The lowest BCUT2D eigenvalue weighted by atomic mass is 10.1. The van der Waals surface area contributed by atoms with Crippen LogP contribution >= 0.6 is 0 Å². The molecule has 8 heteroatoms. The number of ketones is 1. The Kier molecular flexibility index (Phi) is 5.41. The predicted octanol–water partition coefficient (Wildman–Crippen LogP) is 2.10. The van der Waals surface area contributed by atoms with Gasteiger partial charge in [0.05, 0.1) is 11.8 Å². The van der Waals surface area contributed by atoms with Gasteiger partial charge in [-0.05, 0) is 31.2 Å². The van der Waals surface area contributed by atoms with Gasteiger partial charge in [0.1, 0.15) is 17.7 Å². The van der Waals surface area contributed by atoms with Crippen LogP contribution < -0.4 is 5.32 Å². The van der Waals surface area contributed by atoms with E-state index in [1.165, 1.54) is 25.3 Å². The van der Waals surface area contributed by atoms with Gasteiger partial charge in [-0.25, -0.2) is 13.6 Å². The Morgan fingerprint density at radius 1 is 1.25 bits per heavy atom. The first-order chi connectivity index (χ1) is 11.4. The Hall–Kier alpha value is -3.03. The fourth-order valence-corrected chi connectivity index (χ4v) is 1.79. The van der Waals surface area contributed by atoms with Gasteiger partial charge in [-0.3, -0.25) is 9.59 Å². The van der Waals surface area contributed by atoms with Gasteiger partial charge in [0, 0.05) is 6.07 Å². The lowest BCUT2D eigenvalue weighted by Crippen LogP contribution is -2.40. The molecule has 126 valence electrons. The maximum Gasteiger partial charge on any atom is 0.328 e. The van der Waals surface area contributed by atoms with Crippen LogP contribution in [0.4, 0.5) is 8.78 Å². The molecule has 0 fully saturated rings. The maximum absolute atomic E-state index is 13.4. The van der Waals surface area contributed by atoms with Gasteiger partial charge in [-0.1, -0.05) is 0 Å². The Labute approximate surface area is 135 Å². The number of nitrogens with one attached hydrogen (secondary N) is 1. The van der Waals surface area contributed by atoms with E-state index in [9.17, 15) is 23.2 Å². The van der Waals surface area contributed by atoms with E-state index in [1.54, 1.807) is 0 Å². The number of rotatable bonds is 6. The minimum atomic E-state index is -1.05. The number of hydrogen-bond donors (Lipinski definition) is 1. The molecule has 0 aliphatic carbocycles. The zero-order valence-corrected chi connectivity index (χ0v) is 12.5. The molecule has 0 radical (unpaired) electrons. The van der Waals surface area contributed by atoms with E-state index in [-0.39, 0.29) is 5.76 Å². The zero-order chi connectivity index (χ0) is 17.7. The first-order valence-electron chi connectivity index (χ1n) is 6.87. The van der Waals surface area contributed by atoms with Crippen molar-refractivity contribution in [1.29, 1.82) is 0 Å². The number of hydrogen-bond acceptors (Lipinski definition) is 5. The van der Waals surface area contributed by atoms with Crippen molar-refractivity contribution in [3.63, 3.8) is 0 Å². The number of carbonyl (C=O) groups is 3. The van der Waals surface area contributed by atoms with E-state index in [4.69, 9.17) is 9.15 Å². The van der Waals surface area contributed by atoms with Crippen LogP contribution in [-0.2, 0) is 9.53 Å². The molecule has 1 amide bonds. The summed E-state index contributed by atoms with van der Waals surface area (Å²) >= 11 is 0. The molecule has 0 aliphatic rings. The number of halogens is 2. The molecule has 1 aromatic heterocycles. The summed E-state index contributed by atoms with van der Waals surface area (Å²) in [5.41, 5.74) is -0.392. The third-order valence-electron chi connectivity index (χ3n) is 3.02. The van der Waals surface area contributed by atoms with Crippen molar-refractivity contribution in [1.82, 2.24) is 5.32 Å². The predicted molar refractivity (Wildman–Crippen MR) is 77.3 cm³/mol. The average molecular weight is 337 g/mol. The van der Waals surface area contributed by atoms with Crippen molar-refractivity contribution in [3.8, 4) is 0 Å². The van der Waals surface area contributed by atoms with Gasteiger partial charge in [-0.15, -0.1) is 0 Å². The van der Waals surface area contributed by atoms with E-state index in [1.807, 2.05) is 0 Å². The highest BCUT2D eigenvalue weighted by Gasteiger charge is 2.21. The molecule has 0 unspecified atom stereocenters. The molecule has 0 aliphatic heterocycles. The highest BCUT2D eigenvalue weighted by atomic mass is 19.1. The van der Waals surface area contributed by atoms with E-state index in [0.29, 0.717) is 6.07 Å². The molecular formula is C16H13F2NO5. The van der Waals surface area contributed by atoms with Crippen LogP contribution in [0, 0.1) is 11.6 Å². The SMILES string of the molecule is C[C@H](NC(=O)c1ccco1)C(=O)OCC(=O)c1ccc(F)cc1F. The number of furan rings is 1. The lowest BCUT2D eigenvalue weighted by Gasteiger charge is -2.12. The highest BCUT2D eigenvalue weighted by Crippen LogP contribution is 2.10. The molecule has 6 nitrogen and oxygen atoms in total. The van der Waals surface area contributed by atoms with Crippen LogP contribution in [0.3, 0.4) is 0 Å². The van der Waals surface area contributed by atoms with Crippen LogP contribution in [0.25, 0.3) is 0 Å². The smallest absolute Gasteiger partial charge is 0.328 e. The van der Waals surface area contributed by atoms with Crippen molar-refractivity contribution in [2.45, 2.75) is 13.0 Å². The standard InChI is InChI=1S/C16H13F2NO5/c1-9(19-15(21)14-3-2-6-23-14)16(22)24-8-13(20)11-5-4-10(17)7-12(11)18/h2-7,9H,8H2,1H3,(H,19,21)/t9-/m0/s1. The van der Waals surface area contributed by atoms with Gasteiger partial charge in [0.2, 0.25) is 5.78 Å². The Bertz CT molecular complexity index is 758. The largest absolute Gasteiger partial charge is 0.459 e. The summed E-state index contributed by atoms with van der Waals surface area (Å²) < 4.78 is 35.8. The summed E-state index contributed by atoms with van der Waals surface area (Å²) in [5, 5.41) is 2.32. The van der Waals surface area contributed by atoms with E-state index in [2.05, 4.69) is 5.32 Å². The number of amides is 1. The minimum Gasteiger partial charge on any atom is -0.459 e. The first-order valence-corrected chi connectivity index (χ1v) is 6.87. The molecule has 0 saturated heterocycles. The van der Waals surface area contributed by atoms with E-state index in [0.717, 1.165) is 12.1 Å². The van der Waals surface area contributed by atoms with Gasteiger partial charge >= 0.3 is 5.97 Å². The van der Waals surface area contributed by atoms with Gasteiger partial charge in [-0.2, -0.15) is 0 Å². The molecule has 24 heavy (non-hydrogen) atoms. The number of esters is 1. The number of Topliss-reactive ketones (excluding diaryl/α,β-unsaturated/α-hetero) is 1. The summed E-state index contributed by atoms with van der Waals surface area (Å²) in [4.78, 5) is 35.2. The lowest BCUT2D eigenvalue weighted by molar-refractivity contribution is -0.144. The molecule has 1 N–H and O–H groups in total. The molecule has 0 spiro atoms. The van der Waals surface area contributed by atoms with Gasteiger partial charge < -0.3 is 14.5 Å². The normalized spacial score (nSPS) is 11.6. The average Bonchev–Trinajstić information content (AvgIpc) is 3.06. The minimum absolute atomic E-state index is 0.0131. The van der Waals surface area contributed by atoms with Crippen molar-refractivity contribution in [2.75, 3.05) is 6.61 Å². The van der Waals surface area contributed by atoms with Crippen LogP contribution in [0.1, 0.15) is 27.8 Å². The summed E-state index contributed by atoms with van der Waals surface area (Å²) in [7, 11) is 0. The molecule has 0 bridgehead atoms. The Morgan fingerprint density at radius 2 is 2.00 bits per heavy atom. The summed E-state index contributed by atoms with van der Waals surface area (Å²) in [6, 6.07) is 4.31. The highest BCUT2D eigenvalue weighted by molar-refractivity contribution is 5.99. The third-order valence-corrected chi connectivity index (χ3v) is 3.02. The maximum atomic E-state index is 13.4. The zero-order valence-electron chi connectivity index (χ0n) is 12.5.